The monoisotopic (exact) mass is 520 g/mol. The molecule has 3 N–H and O–H groups in total. The first-order valence-electron chi connectivity index (χ1n) is 9.84. The third kappa shape index (κ3) is 6.53. The summed E-state index contributed by atoms with van der Waals surface area (Å²) < 4.78 is 1.94. The van der Waals surface area contributed by atoms with E-state index in [0.29, 0.717) is 13.1 Å². The summed E-state index contributed by atoms with van der Waals surface area (Å²) in [5.41, 5.74) is 2.12. The van der Waals surface area contributed by atoms with Gasteiger partial charge in [-0.15, -0.1) is 24.0 Å². The highest BCUT2D eigenvalue weighted by Crippen LogP contribution is 2.13. The van der Waals surface area contributed by atoms with Gasteiger partial charge >= 0.3 is 0 Å². The van der Waals surface area contributed by atoms with Crippen LogP contribution in [0.5, 0.6) is 0 Å². The quantitative estimate of drug-likeness (QED) is 0.242. The van der Waals surface area contributed by atoms with Crippen molar-refractivity contribution in [2.45, 2.75) is 26.3 Å². The van der Waals surface area contributed by atoms with Crippen molar-refractivity contribution < 1.29 is 5.11 Å². The Morgan fingerprint density at radius 1 is 1.13 bits per heavy atom. The second-order valence-corrected chi connectivity index (χ2v) is 6.74. The molecule has 2 aromatic heterocycles. The van der Waals surface area contributed by atoms with E-state index >= 15 is 0 Å². The van der Waals surface area contributed by atoms with Gasteiger partial charge in [0.2, 0.25) is 0 Å². The van der Waals surface area contributed by atoms with Gasteiger partial charge in [-0.05, 0) is 31.0 Å². The molecule has 0 aliphatic heterocycles. The molecule has 1 unspecified atom stereocenters. The van der Waals surface area contributed by atoms with E-state index in [0.717, 1.165) is 35.3 Å². The summed E-state index contributed by atoms with van der Waals surface area (Å²) in [6.45, 7) is 5.93. The zero-order valence-electron chi connectivity index (χ0n) is 17.3. The van der Waals surface area contributed by atoms with E-state index in [2.05, 4.69) is 25.6 Å². The Labute approximate surface area is 194 Å². The van der Waals surface area contributed by atoms with Gasteiger partial charge in [-0.25, -0.2) is 15.0 Å². The number of imidazole rings is 1. The van der Waals surface area contributed by atoms with Gasteiger partial charge in [0.1, 0.15) is 11.6 Å². The minimum absolute atomic E-state index is 0. The lowest BCUT2D eigenvalue weighted by molar-refractivity contribution is 0.265. The molecule has 0 saturated heterocycles. The minimum Gasteiger partial charge on any atom is -0.396 e. The van der Waals surface area contributed by atoms with Gasteiger partial charge in [0.05, 0.1) is 13.2 Å². The lowest BCUT2D eigenvalue weighted by atomic mass is 10.0. The number of nitrogens with one attached hydrogen (secondary N) is 2. The number of pyridine rings is 1. The highest BCUT2D eigenvalue weighted by Gasteiger charge is 2.11. The molecule has 0 saturated carbocycles. The molecule has 0 radical (unpaired) electrons. The van der Waals surface area contributed by atoms with Crippen LogP contribution < -0.4 is 10.6 Å². The van der Waals surface area contributed by atoms with E-state index in [9.17, 15) is 5.11 Å². The predicted molar refractivity (Wildman–Crippen MR) is 131 cm³/mol. The Hall–Kier alpha value is -2.46. The van der Waals surface area contributed by atoms with Crippen molar-refractivity contribution in [1.82, 2.24) is 25.2 Å². The van der Waals surface area contributed by atoms with Gasteiger partial charge in [-0.3, -0.25) is 4.57 Å². The number of rotatable bonds is 8. The molecule has 30 heavy (non-hydrogen) atoms. The molecular formula is C22H29IN6O. The number of aliphatic hydroxyl groups is 1. The van der Waals surface area contributed by atoms with Crippen LogP contribution in [0, 0.1) is 6.92 Å². The maximum atomic E-state index is 9.74. The standard InChI is InChI=1S/C22H28N6O.HI/c1-3-23-22(27-15-20(16-29)19-7-5-4-6-8-19)26-14-18-9-10-21(25-13-18)28-12-11-24-17(28)2;/h4-13,20,29H,3,14-16H2,1-2H3,(H2,23,26,27);1H. The largest absolute Gasteiger partial charge is 0.396 e. The van der Waals surface area contributed by atoms with Crippen LogP contribution in [0.4, 0.5) is 0 Å². The van der Waals surface area contributed by atoms with Crippen molar-refractivity contribution in [3.05, 3.63) is 78.0 Å². The van der Waals surface area contributed by atoms with E-state index in [-0.39, 0.29) is 36.5 Å². The van der Waals surface area contributed by atoms with Gasteiger partial charge in [-0.2, -0.15) is 0 Å². The number of benzene rings is 1. The summed E-state index contributed by atoms with van der Waals surface area (Å²) in [4.78, 5) is 13.4. The van der Waals surface area contributed by atoms with Gasteiger partial charge in [0, 0.05) is 37.6 Å². The van der Waals surface area contributed by atoms with Crippen LogP contribution in [0.3, 0.4) is 0 Å². The number of aromatic nitrogens is 3. The van der Waals surface area contributed by atoms with E-state index in [4.69, 9.17) is 0 Å². The fraction of sp³-hybridized carbons (Fsp3) is 0.318. The fourth-order valence-corrected chi connectivity index (χ4v) is 3.02. The molecule has 3 aromatic rings. The van der Waals surface area contributed by atoms with Crippen LogP contribution in [0.25, 0.3) is 5.82 Å². The first-order chi connectivity index (χ1) is 14.2. The van der Waals surface area contributed by atoms with Gasteiger partial charge in [-0.1, -0.05) is 36.4 Å². The van der Waals surface area contributed by atoms with Crippen molar-refractivity contribution in [2.24, 2.45) is 4.99 Å². The van der Waals surface area contributed by atoms with Crippen molar-refractivity contribution in [1.29, 1.82) is 0 Å². The molecular weight excluding hydrogens is 491 g/mol. The Bertz CT molecular complexity index is 911. The van der Waals surface area contributed by atoms with Crippen molar-refractivity contribution in [3.8, 4) is 5.82 Å². The molecule has 0 aliphatic carbocycles. The molecule has 0 amide bonds. The molecule has 7 nitrogen and oxygen atoms in total. The number of nitrogens with zero attached hydrogens (tertiary/aromatic N) is 4. The number of guanidine groups is 1. The third-order valence-electron chi connectivity index (χ3n) is 4.65. The van der Waals surface area contributed by atoms with Crippen LogP contribution in [0.15, 0.2) is 66.0 Å². The van der Waals surface area contributed by atoms with Crippen LogP contribution in [-0.4, -0.2) is 45.3 Å². The number of halogens is 1. The van der Waals surface area contributed by atoms with Crippen molar-refractivity contribution in [3.63, 3.8) is 0 Å². The Morgan fingerprint density at radius 2 is 1.93 bits per heavy atom. The summed E-state index contributed by atoms with van der Waals surface area (Å²) >= 11 is 0. The maximum Gasteiger partial charge on any atom is 0.191 e. The van der Waals surface area contributed by atoms with E-state index in [1.54, 1.807) is 6.20 Å². The van der Waals surface area contributed by atoms with Crippen LogP contribution in [0.1, 0.15) is 29.8 Å². The molecule has 1 aromatic carbocycles. The SMILES string of the molecule is CCNC(=NCc1ccc(-n2ccnc2C)nc1)NCC(CO)c1ccccc1.I. The lowest BCUT2D eigenvalue weighted by Crippen LogP contribution is -2.39. The Kier molecular flexibility index (Phi) is 9.75. The smallest absolute Gasteiger partial charge is 0.191 e. The average molecular weight is 520 g/mol. The molecule has 0 aliphatic rings. The molecule has 0 bridgehead atoms. The normalized spacial score (nSPS) is 12.2. The maximum absolute atomic E-state index is 9.74. The predicted octanol–water partition coefficient (Wildman–Crippen LogP) is 3.02. The number of hydrogen-bond acceptors (Lipinski definition) is 4. The molecule has 0 spiro atoms. The van der Waals surface area contributed by atoms with Crippen LogP contribution >= 0.6 is 24.0 Å². The van der Waals surface area contributed by atoms with Gasteiger partial charge in [0.25, 0.3) is 0 Å². The molecule has 2 heterocycles. The zero-order valence-corrected chi connectivity index (χ0v) is 19.7. The number of hydrogen-bond donors (Lipinski definition) is 3. The number of aryl methyl sites for hydroxylation is 1. The van der Waals surface area contributed by atoms with Crippen molar-refractivity contribution >= 4 is 29.9 Å². The zero-order chi connectivity index (χ0) is 20.5. The average Bonchev–Trinajstić information content (AvgIpc) is 3.19. The van der Waals surface area contributed by atoms with Crippen molar-refractivity contribution in [2.75, 3.05) is 19.7 Å². The van der Waals surface area contributed by atoms with E-state index in [1.165, 1.54) is 0 Å². The molecule has 3 rings (SSSR count). The van der Waals surface area contributed by atoms with E-state index in [1.807, 2.05) is 73.3 Å². The summed E-state index contributed by atoms with van der Waals surface area (Å²) in [6, 6.07) is 14.0. The van der Waals surface area contributed by atoms with E-state index < -0.39 is 0 Å². The topological polar surface area (TPSA) is 87.4 Å². The second kappa shape index (κ2) is 12.3. The van der Waals surface area contributed by atoms with Crippen LogP contribution in [-0.2, 0) is 6.54 Å². The molecule has 1 atom stereocenters. The van der Waals surface area contributed by atoms with Gasteiger partial charge in [0.15, 0.2) is 5.96 Å². The summed E-state index contributed by atoms with van der Waals surface area (Å²) in [6.07, 6.45) is 5.49. The lowest BCUT2D eigenvalue weighted by Gasteiger charge is -2.18. The summed E-state index contributed by atoms with van der Waals surface area (Å²) in [5.74, 6) is 2.47. The van der Waals surface area contributed by atoms with Crippen LogP contribution in [0.2, 0.25) is 0 Å². The second-order valence-electron chi connectivity index (χ2n) is 6.74. The highest BCUT2D eigenvalue weighted by atomic mass is 127. The summed E-state index contributed by atoms with van der Waals surface area (Å²) in [7, 11) is 0. The number of aliphatic imine (C=N–C) groups is 1. The molecule has 160 valence electrons. The first kappa shape index (κ1) is 23.8. The fourth-order valence-electron chi connectivity index (χ4n) is 3.02. The Morgan fingerprint density at radius 3 is 2.53 bits per heavy atom. The van der Waals surface area contributed by atoms with Gasteiger partial charge < -0.3 is 15.7 Å². The molecule has 0 fully saturated rings. The molecule has 8 heteroatoms. The highest BCUT2D eigenvalue weighted by molar-refractivity contribution is 14.0. The summed E-state index contributed by atoms with van der Waals surface area (Å²) in [5, 5.41) is 16.3. The number of aliphatic hydroxyl groups excluding tert-OH is 1. The minimum atomic E-state index is 0. The Balaban J connectivity index is 0.00000320. The third-order valence-corrected chi connectivity index (χ3v) is 4.65. The first-order valence-corrected chi connectivity index (χ1v) is 9.84.